The Hall–Kier alpha value is -2.34. The molecule has 0 radical (unpaired) electrons. The molecule has 1 fully saturated rings. The first-order chi connectivity index (χ1) is 9.66. The lowest BCUT2D eigenvalue weighted by Crippen LogP contribution is -2.58. The highest BCUT2D eigenvalue weighted by Gasteiger charge is 2.31. The number of nitrogens with two attached hydrogens (primary N) is 1. The van der Waals surface area contributed by atoms with Crippen LogP contribution in [0.4, 0.5) is 0 Å². The molecule has 2 aromatic rings. The summed E-state index contributed by atoms with van der Waals surface area (Å²) in [5.41, 5.74) is 6.92. The SMILES string of the molecule is NC(=O)C1CNCCN1C(=O)c1ccc2[nH]ccc2c1. The van der Waals surface area contributed by atoms with Gasteiger partial charge in [0.2, 0.25) is 5.91 Å². The Morgan fingerprint density at radius 2 is 2.15 bits per heavy atom. The first-order valence-electron chi connectivity index (χ1n) is 6.55. The van der Waals surface area contributed by atoms with Crippen LogP contribution in [-0.4, -0.2) is 47.4 Å². The molecular weight excluding hydrogens is 256 g/mol. The van der Waals surface area contributed by atoms with Crippen molar-refractivity contribution >= 4 is 22.7 Å². The van der Waals surface area contributed by atoms with Crippen LogP contribution in [0.25, 0.3) is 10.9 Å². The maximum Gasteiger partial charge on any atom is 0.254 e. The Kier molecular flexibility index (Phi) is 3.15. The second-order valence-corrected chi connectivity index (χ2v) is 4.90. The number of fused-ring (bicyclic) bond motifs is 1. The van der Waals surface area contributed by atoms with Crippen LogP contribution in [0, 0.1) is 0 Å². The molecule has 1 atom stereocenters. The molecule has 3 rings (SSSR count). The number of carbonyl (C=O) groups is 2. The average Bonchev–Trinajstić information content (AvgIpc) is 2.93. The smallest absolute Gasteiger partial charge is 0.254 e. The molecule has 0 aliphatic carbocycles. The Balaban J connectivity index is 1.91. The van der Waals surface area contributed by atoms with Crippen molar-refractivity contribution in [2.24, 2.45) is 5.73 Å². The summed E-state index contributed by atoms with van der Waals surface area (Å²) in [6, 6.07) is 6.78. The molecule has 2 amide bonds. The van der Waals surface area contributed by atoms with Crippen molar-refractivity contribution in [1.29, 1.82) is 0 Å². The van der Waals surface area contributed by atoms with E-state index in [1.807, 2.05) is 24.4 Å². The molecule has 0 spiro atoms. The zero-order valence-corrected chi connectivity index (χ0v) is 10.9. The van der Waals surface area contributed by atoms with E-state index in [4.69, 9.17) is 5.73 Å². The molecule has 6 nitrogen and oxygen atoms in total. The van der Waals surface area contributed by atoms with E-state index in [1.54, 1.807) is 11.0 Å². The van der Waals surface area contributed by atoms with E-state index in [9.17, 15) is 9.59 Å². The largest absolute Gasteiger partial charge is 0.368 e. The van der Waals surface area contributed by atoms with Crippen LogP contribution in [0.1, 0.15) is 10.4 Å². The lowest BCUT2D eigenvalue weighted by Gasteiger charge is -2.34. The molecule has 1 aromatic heterocycles. The molecule has 20 heavy (non-hydrogen) atoms. The van der Waals surface area contributed by atoms with Gasteiger partial charge in [0.05, 0.1) is 0 Å². The van der Waals surface area contributed by atoms with E-state index in [0.29, 0.717) is 25.2 Å². The zero-order chi connectivity index (χ0) is 14.1. The van der Waals surface area contributed by atoms with Crippen molar-refractivity contribution in [2.75, 3.05) is 19.6 Å². The van der Waals surface area contributed by atoms with Crippen LogP contribution < -0.4 is 11.1 Å². The molecule has 1 aliphatic rings. The molecule has 1 aliphatic heterocycles. The minimum Gasteiger partial charge on any atom is -0.368 e. The molecule has 4 N–H and O–H groups in total. The maximum absolute atomic E-state index is 12.6. The van der Waals surface area contributed by atoms with Crippen LogP contribution >= 0.6 is 0 Å². The van der Waals surface area contributed by atoms with Crippen molar-refractivity contribution in [1.82, 2.24) is 15.2 Å². The minimum absolute atomic E-state index is 0.154. The van der Waals surface area contributed by atoms with Gasteiger partial charge in [0.25, 0.3) is 5.91 Å². The van der Waals surface area contributed by atoms with Crippen molar-refractivity contribution in [3.63, 3.8) is 0 Å². The number of nitrogens with zero attached hydrogens (tertiary/aromatic N) is 1. The van der Waals surface area contributed by atoms with Gasteiger partial charge in [-0.1, -0.05) is 0 Å². The third-order valence-electron chi connectivity index (χ3n) is 3.63. The van der Waals surface area contributed by atoms with Gasteiger partial charge in [-0.25, -0.2) is 0 Å². The lowest BCUT2D eigenvalue weighted by atomic mass is 10.1. The standard InChI is InChI=1S/C14H16N4O2/c15-13(19)12-8-16-5-6-18(12)14(20)10-1-2-11-9(7-10)3-4-17-11/h1-4,7,12,16-17H,5-6,8H2,(H2,15,19). The Morgan fingerprint density at radius 3 is 2.95 bits per heavy atom. The van der Waals surface area contributed by atoms with Gasteiger partial charge < -0.3 is 20.9 Å². The molecule has 6 heteroatoms. The van der Waals surface area contributed by atoms with Gasteiger partial charge in [0, 0.05) is 42.3 Å². The zero-order valence-electron chi connectivity index (χ0n) is 10.9. The fourth-order valence-electron chi connectivity index (χ4n) is 2.55. The summed E-state index contributed by atoms with van der Waals surface area (Å²) in [7, 11) is 0. The third kappa shape index (κ3) is 2.14. The molecule has 0 saturated carbocycles. The highest BCUT2D eigenvalue weighted by molar-refractivity contribution is 6.00. The van der Waals surface area contributed by atoms with E-state index < -0.39 is 11.9 Å². The number of rotatable bonds is 2. The Labute approximate surface area is 115 Å². The summed E-state index contributed by atoms with van der Waals surface area (Å²) in [6.07, 6.45) is 1.83. The first kappa shape index (κ1) is 12.7. The van der Waals surface area contributed by atoms with Crippen LogP contribution in [0.15, 0.2) is 30.5 Å². The number of piperazine rings is 1. The second kappa shape index (κ2) is 4.97. The number of amides is 2. The molecule has 2 heterocycles. The van der Waals surface area contributed by atoms with E-state index >= 15 is 0 Å². The van der Waals surface area contributed by atoms with Gasteiger partial charge in [-0.3, -0.25) is 9.59 Å². The number of hydrogen-bond donors (Lipinski definition) is 3. The molecule has 1 aromatic carbocycles. The summed E-state index contributed by atoms with van der Waals surface area (Å²) in [5, 5.41) is 4.05. The van der Waals surface area contributed by atoms with Crippen molar-refractivity contribution in [3.05, 3.63) is 36.0 Å². The maximum atomic E-state index is 12.6. The van der Waals surface area contributed by atoms with Gasteiger partial charge >= 0.3 is 0 Å². The summed E-state index contributed by atoms with van der Waals surface area (Å²) < 4.78 is 0. The van der Waals surface area contributed by atoms with Crippen molar-refractivity contribution < 1.29 is 9.59 Å². The molecule has 1 saturated heterocycles. The first-order valence-corrected chi connectivity index (χ1v) is 6.55. The lowest BCUT2D eigenvalue weighted by molar-refractivity contribution is -0.122. The van der Waals surface area contributed by atoms with Gasteiger partial charge in [-0.05, 0) is 24.3 Å². The van der Waals surface area contributed by atoms with Gasteiger partial charge in [-0.15, -0.1) is 0 Å². The molecular formula is C14H16N4O2. The van der Waals surface area contributed by atoms with E-state index in [0.717, 1.165) is 10.9 Å². The number of benzene rings is 1. The fourth-order valence-corrected chi connectivity index (χ4v) is 2.55. The van der Waals surface area contributed by atoms with Crippen molar-refractivity contribution in [3.8, 4) is 0 Å². The van der Waals surface area contributed by atoms with Crippen LogP contribution in [0.3, 0.4) is 0 Å². The van der Waals surface area contributed by atoms with Gasteiger partial charge in [-0.2, -0.15) is 0 Å². The van der Waals surface area contributed by atoms with Crippen LogP contribution in [0.5, 0.6) is 0 Å². The van der Waals surface area contributed by atoms with E-state index in [2.05, 4.69) is 10.3 Å². The number of nitrogens with one attached hydrogen (secondary N) is 2. The number of aromatic amines is 1. The monoisotopic (exact) mass is 272 g/mol. The normalized spacial score (nSPS) is 19.2. The third-order valence-corrected chi connectivity index (χ3v) is 3.63. The van der Waals surface area contributed by atoms with E-state index in [-0.39, 0.29) is 5.91 Å². The minimum atomic E-state index is -0.585. The number of H-pyrrole nitrogens is 1. The summed E-state index contributed by atoms with van der Waals surface area (Å²) >= 11 is 0. The molecule has 1 unspecified atom stereocenters. The summed E-state index contributed by atoms with van der Waals surface area (Å²) in [5.74, 6) is -0.633. The second-order valence-electron chi connectivity index (χ2n) is 4.90. The Bertz CT molecular complexity index is 664. The van der Waals surface area contributed by atoms with Gasteiger partial charge in [0.1, 0.15) is 6.04 Å². The predicted molar refractivity (Wildman–Crippen MR) is 75.2 cm³/mol. The number of hydrogen-bond acceptors (Lipinski definition) is 3. The molecule has 0 bridgehead atoms. The predicted octanol–water partition coefficient (Wildman–Crippen LogP) is 0.0672. The highest BCUT2D eigenvalue weighted by Crippen LogP contribution is 2.17. The number of aromatic nitrogens is 1. The fraction of sp³-hybridized carbons (Fsp3) is 0.286. The van der Waals surface area contributed by atoms with E-state index in [1.165, 1.54) is 0 Å². The van der Waals surface area contributed by atoms with Gasteiger partial charge in [0.15, 0.2) is 0 Å². The highest BCUT2D eigenvalue weighted by atomic mass is 16.2. The Morgan fingerprint density at radius 1 is 1.30 bits per heavy atom. The number of primary amides is 1. The topological polar surface area (TPSA) is 91.2 Å². The molecule has 104 valence electrons. The van der Waals surface area contributed by atoms with Crippen LogP contribution in [0.2, 0.25) is 0 Å². The average molecular weight is 272 g/mol. The van der Waals surface area contributed by atoms with Crippen molar-refractivity contribution in [2.45, 2.75) is 6.04 Å². The summed E-state index contributed by atoms with van der Waals surface area (Å²) in [4.78, 5) is 28.6. The quantitative estimate of drug-likeness (QED) is 0.722. The van der Waals surface area contributed by atoms with Crippen LogP contribution in [-0.2, 0) is 4.79 Å². The number of carbonyl (C=O) groups excluding carboxylic acids is 2. The summed E-state index contributed by atoms with van der Waals surface area (Å²) in [6.45, 7) is 1.56.